The van der Waals surface area contributed by atoms with E-state index in [-0.39, 0.29) is 5.41 Å². The highest BCUT2D eigenvalue weighted by Gasteiger charge is 2.25. The van der Waals surface area contributed by atoms with Crippen LogP contribution in [0.15, 0.2) is 11.7 Å². The van der Waals surface area contributed by atoms with E-state index >= 15 is 0 Å². The summed E-state index contributed by atoms with van der Waals surface area (Å²) in [6.45, 7) is 4.43. The number of thiazole rings is 1. The van der Waals surface area contributed by atoms with Crippen molar-refractivity contribution in [2.24, 2.45) is 5.41 Å². The quantitative estimate of drug-likeness (QED) is 0.685. The van der Waals surface area contributed by atoms with Crippen LogP contribution in [0.5, 0.6) is 0 Å². The van der Waals surface area contributed by atoms with Crippen LogP contribution in [0.3, 0.4) is 0 Å². The Labute approximate surface area is 89.1 Å². The van der Waals surface area contributed by atoms with E-state index in [0.717, 1.165) is 25.1 Å². The first-order chi connectivity index (χ1) is 6.26. The lowest BCUT2D eigenvalue weighted by molar-refractivity contribution is 0.304. The fraction of sp³-hybridized carbons (Fsp3) is 0.700. The Bertz CT molecular complexity index is 221. The van der Waals surface area contributed by atoms with Gasteiger partial charge in [0.05, 0.1) is 5.51 Å². The normalized spacial score (nSPS) is 11.9. The predicted octanol–water partition coefficient (Wildman–Crippen LogP) is 3.73. The first-order valence-electron chi connectivity index (χ1n) is 4.69. The molecule has 0 amide bonds. The van der Waals surface area contributed by atoms with Crippen LogP contribution in [-0.4, -0.2) is 10.9 Å². The highest BCUT2D eigenvalue weighted by Crippen LogP contribution is 2.33. The second-order valence-electron chi connectivity index (χ2n) is 3.49. The Morgan fingerprint density at radius 2 is 2.15 bits per heavy atom. The maximum absolute atomic E-state index is 6.03. The second kappa shape index (κ2) is 4.97. The minimum atomic E-state index is 0.286. The van der Waals surface area contributed by atoms with Crippen LogP contribution in [0.2, 0.25) is 0 Å². The van der Waals surface area contributed by atoms with E-state index in [9.17, 15) is 0 Å². The van der Waals surface area contributed by atoms with E-state index in [2.05, 4.69) is 18.8 Å². The van der Waals surface area contributed by atoms with Crippen molar-refractivity contribution in [3.05, 3.63) is 16.6 Å². The monoisotopic (exact) mass is 217 g/mol. The van der Waals surface area contributed by atoms with Gasteiger partial charge < -0.3 is 0 Å². The predicted molar refractivity (Wildman–Crippen MR) is 59.6 cm³/mol. The molecule has 1 nitrogen and oxygen atoms in total. The van der Waals surface area contributed by atoms with Crippen molar-refractivity contribution in [3.63, 3.8) is 0 Å². The zero-order valence-electron chi connectivity index (χ0n) is 8.22. The summed E-state index contributed by atoms with van der Waals surface area (Å²) in [6, 6.07) is 0. The molecule has 0 radical (unpaired) electrons. The molecule has 0 spiro atoms. The largest absolute Gasteiger partial charge is 0.253 e. The van der Waals surface area contributed by atoms with Gasteiger partial charge in [-0.05, 0) is 24.7 Å². The van der Waals surface area contributed by atoms with Crippen molar-refractivity contribution in [1.82, 2.24) is 4.98 Å². The lowest BCUT2D eigenvalue weighted by Gasteiger charge is -2.28. The number of nitrogens with zero attached hydrogens (tertiary/aromatic N) is 1. The van der Waals surface area contributed by atoms with Gasteiger partial charge in [-0.15, -0.1) is 22.9 Å². The maximum atomic E-state index is 6.03. The van der Waals surface area contributed by atoms with Gasteiger partial charge in [0.2, 0.25) is 0 Å². The van der Waals surface area contributed by atoms with Gasteiger partial charge in [-0.3, -0.25) is 4.98 Å². The van der Waals surface area contributed by atoms with Crippen LogP contribution in [0.4, 0.5) is 0 Å². The van der Waals surface area contributed by atoms with Crippen LogP contribution in [0, 0.1) is 5.41 Å². The average molecular weight is 218 g/mol. The number of rotatable bonds is 5. The van der Waals surface area contributed by atoms with Crippen LogP contribution >= 0.6 is 22.9 Å². The van der Waals surface area contributed by atoms with Gasteiger partial charge in [-0.2, -0.15) is 0 Å². The van der Waals surface area contributed by atoms with Gasteiger partial charge >= 0.3 is 0 Å². The topological polar surface area (TPSA) is 12.9 Å². The molecule has 3 heteroatoms. The molecule has 13 heavy (non-hydrogen) atoms. The van der Waals surface area contributed by atoms with E-state index in [1.807, 2.05) is 11.7 Å². The fourth-order valence-electron chi connectivity index (χ4n) is 1.44. The molecule has 0 aromatic carbocycles. The number of aromatic nitrogens is 1. The minimum absolute atomic E-state index is 0.286. The molecule has 0 bridgehead atoms. The lowest BCUT2D eigenvalue weighted by Crippen LogP contribution is -2.23. The number of halogens is 1. The molecule has 0 aliphatic heterocycles. The Balaban J connectivity index is 2.67. The first kappa shape index (κ1) is 11.0. The molecular weight excluding hydrogens is 202 g/mol. The number of alkyl halides is 1. The first-order valence-corrected chi connectivity index (χ1v) is 6.11. The van der Waals surface area contributed by atoms with E-state index < -0.39 is 0 Å². The van der Waals surface area contributed by atoms with Gasteiger partial charge in [0.15, 0.2) is 0 Å². The molecule has 1 aromatic heterocycles. The van der Waals surface area contributed by atoms with Gasteiger partial charge in [0, 0.05) is 17.0 Å². The molecule has 1 heterocycles. The Kier molecular flexibility index (Phi) is 4.20. The minimum Gasteiger partial charge on any atom is -0.253 e. The van der Waals surface area contributed by atoms with Crippen molar-refractivity contribution < 1.29 is 0 Å². The van der Waals surface area contributed by atoms with Crippen LogP contribution in [-0.2, 0) is 6.42 Å². The Morgan fingerprint density at radius 3 is 2.54 bits per heavy atom. The molecule has 0 unspecified atom stereocenters. The third-order valence-corrected chi connectivity index (χ3v) is 4.16. The van der Waals surface area contributed by atoms with Crippen LogP contribution in [0.1, 0.15) is 31.6 Å². The molecule has 0 aliphatic rings. The lowest BCUT2D eigenvalue weighted by atomic mass is 9.81. The number of hydrogen-bond donors (Lipinski definition) is 0. The average Bonchev–Trinajstić information content (AvgIpc) is 2.67. The van der Waals surface area contributed by atoms with Gasteiger partial charge in [0.25, 0.3) is 0 Å². The van der Waals surface area contributed by atoms with Crippen molar-refractivity contribution in [1.29, 1.82) is 0 Å². The maximum Gasteiger partial charge on any atom is 0.0794 e. The summed E-state index contributed by atoms with van der Waals surface area (Å²) in [5, 5.41) is 0. The van der Waals surface area contributed by atoms with E-state index in [1.165, 1.54) is 4.88 Å². The van der Waals surface area contributed by atoms with Crippen LogP contribution < -0.4 is 0 Å². The van der Waals surface area contributed by atoms with Gasteiger partial charge in [-0.25, -0.2) is 0 Å². The molecule has 0 saturated heterocycles. The van der Waals surface area contributed by atoms with E-state index in [1.54, 1.807) is 11.3 Å². The summed E-state index contributed by atoms with van der Waals surface area (Å²) in [5.41, 5.74) is 2.17. The third kappa shape index (κ3) is 2.68. The number of hydrogen-bond acceptors (Lipinski definition) is 2. The smallest absolute Gasteiger partial charge is 0.0794 e. The molecule has 74 valence electrons. The van der Waals surface area contributed by atoms with Crippen LogP contribution in [0.25, 0.3) is 0 Å². The molecule has 0 atom stereocenters. The fourth-order valence-corrected chi connectivity index (χ4v) is 2.68. The molecule has 1 aromatic rings. The third-order valence-electron chi connectivity index (χ3n) is 2.82. The van der Waals surface area contributed by atoms with E-state index in [4.69, 9.17) is 11.6 Å². The zero-order chi connectivity index (χ0) is 9.73. The highest BCUT2D eigenvalue weighted by atomic mass is 35.5. The standard InChI is InChI=1S/C10H16ClNS/c1-3-10(4-2,7-11)5-9-6-12-8-13-9/h6,8H,3-5,7H2,1-2H3. The summed E-state index contributed by atoms with van der Waals surface area (Å²) in [6.07, 6.45) is 5.32. The Morgan fingerprint density at radius 1 is 1.46 bits per heavy atom. The molecule has 1 rings (SSSR count). The molecule has 0 aliphatic carbocycles. The molecule has 0 N–H and O–H groups in total. The van der Waals surface area contributed by atoms with Crippen molar-refractivity contribution >= 4 is 22.9 Å². The van der Waals surface area contributed by atoms with E-state index in [0.29, 0.717) is 0 Å². The molecule has 0 saturated carbocycles. The summed E-state index contributed by atoms with van der Waals surface area (Å²) in [7, 11) is 0. The molecule has 0 fully saturated rings. The van der Waals surface area contributed by atoms with Crippen molar-refractivity contribution in [2.75, 3.05) is 5.88 Å². The molecular formula is C10H16ClNS. The highest BCUT2D eigenvalue weighted by molar-refractivity contribution is 7.09. The summed E-state index contributed by atoms with van der Waals surface area (Å²) >= 11 is 7.75. The van der Waals surface area contributed by atoms with Crippen molar-refractivity contribution in [3.8, 4) is 0 Å². The summed E-state index contributed by atoms with van der Waals surface area (Å²) in [5.74, 6) is 0.748. The zero-order valence-corrected chi connectivity index (χ0v) is 9.79. The summed E-state index contributed by atoms with van der Waals surface area (Å²) < 4.78 is 0. The Hall–Kier alpha value is -0.0800. The van der Waals surface area contributed by atoms with Gasteiger partial charge in [0.1, 0.15) is 0 Å². The summed E-state index contributed by atoms with van der Waals surface area (Å²) in [4.78, 5) is 5.44. The van der Waals surface area contributed by atoms with Crippen molar-refractivity contribution in [2.45, 2.75) is 33.1 Å². The second-order valence-corrected chi connectivity index (χ2v) is 4.72. The SMILES string of the molecule is CCC(CC)(CCl)Cc1cncs1. The van der Waals surface area contributed by atoms with Gasteiger partial charge in [-0.1, -0.05) is 13.8 Å².